The van der Waals surface area contributed by atoms with E-state index in [-0.39, 0.29) is 19.3 Å². The van der Waals surface area contributed by atoms with Gasteiger partial charge in [-0.3, -0.25) is 14.4 Å². The summed E-state index contributed by atoms with van der Waals surface area (Å²) in [6.45, 7) is -0.250. The third kappa shape index (κ3) is 22.4. The lowest BCUT2D eigenvalue weighted by atomic mass is 10.1. The Bertz CT molecular complexity index is 161. The predicted molar refractivity (Wildman–Crippen MR) is 47.0 cm³/mol. The van der Waals surface area contributed by atoms with Crippen molar-refractivity contribution in [2.45, 2.75) is 32.1 Å². The first-order valence-electron chi connectivity index (χ1n) is 4.06. The molecule has 0 aliphatic rings. The Morgan fingerprint density at radius 1 is 0.929 bits per heavy atom. The van der Waals surface area contributed by atoms with Crippen molar-refractivity contribution in [1.29, 1.82) is 0 Å². The first-order valence-corrected chi connectivity index (χ1v) is 4.06. The number of carboxylic acids is 2. The largest absolute Gasteiger partial charge is 0.483 e. The molecule has 0 saturated carbocycles. The molecule has 0 spiro atoms. The first kappa shape index (κ1) is 14.9. The highest BCUT2D eigenvalue weighted by Crippen LogP contribution is 2.02. The lowest BCUT2D eigenvalue weighted by Gasteiger charge is -1.94. The van der Waals surface area contributed by atoms with Crippen molar-refractivity contribution >= 4 is 18.4 Å². The topological polar surface area (TPSA) is 112 Å². The van der Waals surface area contributed by atoms with Gasteiger partial charge in [0.05, 0.1) is 0 Å². The third-order valence-corrected chi connectivity index (χ3v) is 1.28. The standard InChI is InChI=1S/C7H12O4.CH2O2/c8-6(9)4-2-1-3-5-7(10)11;2-1-3/h1-5H2,(H,8,9)(H,10,11);1H,(H,2,3). The van der Waals surface area contributed by atoms with Gasteiger partial charge in [0.2, 0.25) is 0 Å². The summed E-state index contributed by atoms with van der Waals surface area (Å²) in [5.74, 6) is -1.64. The minimum Gasteiger partial charge on any atom is -0.483 e. The van der Waals surface area contributed by atoms with Crippen LogP contribution in [0.5, 0.6) is 0 Å². The van der Waals surface area contributed by atoms with E-state index in [1.165, 1.54) is 0 Å². The highest BCUT2D eigenvalue weighted by molar-refractivity contribution is 5.67. The molecule has 6 nitrogen and oxygen atoms in total. The van der Waals surface area contributed by atoms with Crippen LogP contribution in [0.4, 0.5) is 0 Å². The van der Waals surface area contributed by atoms with Crippen LogP contribution in [0.25, 0.3) is 0 Å². The summed E-state index contributed by atoms with van der Waals surface area (Å²) in [5, 5.41) is 23.3. The van der Waals surface area contributed by atoms with Gasteiger partial charge in [-0.2, -0.15) is 0 Å². The molecule has 0 aromatic carbocycles. The summed E-state index contributed by atoms with van der Waals surface area (Å²) in [4.78, 5) is 28.3. The van der Waals surface area contributed by atoms with Crippen LogP contribution >= 0.6 is 0 Å². The van der Waals surface area contributed by atoms with Crippen LogP contribution in [0.1, 0.15) is 32.1 Å². The van der Waals surface area contributed by atoms with E-state index in [0.717, 1.165) is 0 Å². The molecular weight excluding hydrogens is 192 g/mol. The van der Waals surface area contributed by atoms with E-state index in [2.05, 4.69) is 0 Å². The number of hydrogen-bond donors (Lipinski definition) is 3. The Morgan fingerprint density at radius 3 is 1.43 bits per heavy atom. The van der Waals surface area contributed by atoms with Crippen molar-refractivity contribution < 1.29 is 29.7 Å². The molecule has 0 unspecified atom stereocenters. The van der Waals surface area contributed by atoms with Gasteiger partial charge < -0.3 is 15.3 Å². The van der Waals surface area contributed by atoms with Crippen molar-refractivity contribution in [3.8, 4) is 0 Å². The number of aliphatic carboxylic acids is 2. The van der Waals surface area contributed by atoms with Gasteiger partial charge in [0.15, 0.2) is 0 Å². The lowest BCUT2D eigenvalue weighted by Crippen LogP contribution is -1.96. The predicted octanol–water partition coefficient (Wildman–Crippen LogP) is 0.807. The normalized spacial score (nSPS) is 8.29. The molecule has 0 amide bonds. The van der Waals surface area contributed by atoms with Crippen molar-refractivity contribution in [3.05, 3.63) is 0 Å². The number of rotatable bonds is 6. The molecule has 6 heteroatoms. The number of hydrogen-bond acceptors (Lipinski definition) is 3. The van der Waals surface area contributed by atoms with Crippen LogP contribution in [-0.2, 0) is 14.4 Å². The second kappa shape index (κ2) is 11.4. The van der Waals surface area contributed by atoms with E-state index in [9.17, 15) is 9.59 Å². The molecule has 14 heavy (non-hydrogen) atoms. The van der Waals surface area contributed by atoms with Crippen LogP contribution in [-0.4, -0.2) is 33.7 Å². The number of carboxylic acid groups (broad SMARTS) is 3. The molecule has 82 valence electrons. The molecule has 0 aliphatic heterocycles. The van der Waals surface area contributed by atoms with Crippen molar-refractivity contribution in [3.63, 3.8) is 0 Å². The summed E-state index contributed by atoms with van der Waals surface area (Å²) in [5.41, 5.74) is 0. The molecule has 0 aromatic heterocycles. The highest BCUT2D eigenvalue weighted by Gasteiger charge is 1.98. The monoisotopic (exact) mass is 206 g/mol. The van der Waals surface area contributed by atoms with Crippen LogP contribution in [0.15, 0.2) is 0 Å². The molecule has 0 fully saturated rings. The molecule has 3 N–H and O–H groups in total. The Kier molecular flexibility index (Phi) is 12.2. The number of carbonyl (C=O) groups is 3. The molecule has 0 aliphatic carbocycles. The van der Waals surface area contributed by atoms with Crippen molar-refractivity contribution in [2.75, 3.05) is 0 Å². The fourth-order valence-corrected chi connectivity index (χ4v) is 0.729. The molecule has 0 saturated heterocycles. The zero-order chi connectivity index (χ0) is 11.4. The Morgan fingerprint density at radius 2 is 1.21 bits per heavy atom. The fraction of sp³-hybridized carbons (Fsp3) is 0.625. The molecular formula is C8H14O6. The molecule has 0 heterocycles. The average Bonchev–Trinajstić information content (AvgIpc) is 2.04. The van der Waals surface area contributed by atoms with Gasteiger partial charge in [0.1, 0.15) is 0 Å². The molecule has 0 radical (unpaired) electrons. The number of unbranched alkanes of at least 4 members (excludes halogenated alkanes) is 2. The maximum Gasteiger partial charge on any atom is 0.303 e. The maximum absolute atomic E-state index is 9.98. The average molecular weight is 206 g/mol. The molecule has 0 rings (SSSR count). The first-order chi connectivity index (χ1) is 6.54. The van der Waals surface area contributed by atoms with Gasteiger partial charge in [-0.25, -0.2) is 0 Å². The minimum atomic E-state index is -0.819. The summed E-state index contributed by atoms with van der Waals surface area (Å²) in [7, 11) is 0. The summed E-state index contributed by atoms with van der Waals surface area (Å²) < 4.78 is 0. The summed E-state index contributed by atoms with van der Waals surface area (Å²) in [6.07, 6.45) is 2.10. The Hall–Kier alpha value is -1.59. The van der Waals surface area contributed by atoms with E-state index < -0.39 is 11.9 Å². The third-order valence-electron chi connectivity index (χ3n) is 1.28. The van der Waals surface area contributed by atoms with E-state index >= 15 is 0 Å². The second-order valence-corrected chi connectivity index (χ2v) is 2.45. The minimum absolute atomic E-state index is 0.139. The molecule has 0 aromatic rings. The maximum atomic E-state index is 9.98. The molecule has 0 atom stereocenters. The Labute approximate surface area is 81.2 Å². The fourth-order valence-electron chi connectivity index (χ4n) is 0.729. The zero-order valence-corrected chi connectivity index (χ0v) is 7.68. The van der Waals surface area contributed by atoms with Crippen molar-refractivity contribution in [2.24, 2.45) is 0 Å². The van der Waals surface area contributed by atoms with Crippen LogP contribution in [0, 0.1) is 0 Å². The lowest BCUT2D eigenvalue weighted by molar-refractivity contribution is -0.137. The zero-order valence-electron chi connectivity index (χ0n) is 7.68. The molecule has 0 bridgehead atoms. The SMILES string of the molecule is O=C(O)CCCCCC(=O)O.O=CO. The Balaban J connectivity index is 0. The van der Waals surface area contributed by atoms with Gasteiger partial charge in [-0.15, -0.1) is 0 Å². The van der Waals surface area contributed by atoms with E-state index in [1.54, 1.807) is 0 Å². The quantitative estimate of drug-likeness (QED) is 0.438. The summed E-state index contributed by atoms with van der Waals surface area (Å²) in [6, 6.07) is 0. The highest BCUT2D eigenvalue weighted by atomic mass is 16.4. The van der Waals surface area contributed by atoms with E-state index in [0.29, 0.717) is 19.3 Å². The smallest absolute Gasteiger partial charge is 0.303 e. The van der Waals surface area contributed by atoms with E-state index in [4.69, 9.17) is 20.1 Å². The van der Waals surface area contributed by atoms with Gasteiger partial charge in [-0.05, 0) is 12.8 Å². The van der Waals surface area contributed by atoms with Crippen molar-refractivity contribution in [1.82, 2.24) is 0 Å². The van der Waals surface area contributed by atoms with Gasteiger partial charge in [-0.1, -0.05) is 6.42 Å². The van der Waals surface area contributed by atoms with Gasteiger partial charge in [0.25, 0.3) is 6.47 Å². The second-order valence-electron chi connectivity index (χ2n) is 2.45. The van der Waals surface area contributed by atoms with Crippen LogP contribution in [0.2, 0.25) is 0 Å². The van der Waals surface area contributed by atoms with Crippen LogP contribution in [0.3, 0.4) is 0 Å². The summed E-state index contributed by atoms with van der Waals surface area (Å²) >= 11 is 0. The van der Waals surface area contributed by atoms with Crippen LogP contribution < -0.4 is 0 Å². The van der Waals surface area contributed by atoms with Gasteiger partial charge >= 0.3 is 11.9 Å². The van der Waals surface area contributed by atoms with E-state index in [1.807, 2.05) is 0 Å². The van der Waals surface area contributed by atoms with Gasteiger partial charge in [0, 0.05) is 12.8 Å².